The van der Waals surface area contributed by atoms with Gasteiger partial charge in [0.2, 0.25) is 0 Å². The van der Waals surface area contributed by atoms with E-state index in [4.69, 9.17) is 10.5 Å². The van der Waals surface area contributed by atoms with Crippen molar-refractivity contribution < 1.29 is 4.74 Å². The van der Waals surface area contributed by atoms with Crippen molar-refractivity contribution in [1.82, 2.24) is 0 Å². The molecule has 2 rings (SSSR count). The molecule has 0 saturated heterocycles. The number of benzene rings is 1. The lowest BCUT2D eigenvalue weighted by molar-refractivity contribution is 0.411. The third-order valence-electron chi connectivity index (χ3n) is 3.09. The first-order valence-electron chi connectivity index (χ1n) is 5.79. The van der Waals surface area contributed by atoms with Crippen LogP contribution in [0, 0.1) is 13.8 Å². The Morgan fingerprint density at radius 3 is 2.37 bits per heavy atom. The molecular weight excluding hydrogens is 390 g/mol. The molecule has 0 bridgehead atoms. The molecule has 1 unspecified atom stereocenters. The van der Waals surface area contributed by atoms with Gasteiger partial charge in [0.25, 0.3) is 0 Å². The summed E-state index contributed by atoms with van der Waals surface area (Å²) in [6.07, 6.45) is 0. The Labute approximate surface area is 134 Å². The minimum atomic E-state index is -0.114. The second-order valence-corrected chi connectivity index (χ2v) is 7.68. The van der Waals surface area contributed by atoms with Gasteiger partial charge in [0.05, 0.1) is 16.9 Å². The minimum absolute atomic E-state index is 0.114. The Bertz CT molecular complexity index is 590. The number of thiophene rings is 1. The van der Waals surface area contributed by atoms with Crippen molar-refractivity contribution in [3.8, 4) is 5.75 Å². The van der Waals surface area contributed by atoms with E-state index in [1.807, 2.05) is 13.0 Å². The third-order valence-corrected chi connectivity index (χ3v) is 6.43. The lowest BCUT2D eigenvalue weighted by Crippen LogP contribution is -2.12. The molecule has 1 aromatic carbocycles. The van der Waals surface area contributed by atoms with E-state index in [9.17, 15) is 0 Å². The molecular formula is C14H15Br2NOS. The molecule has 0 aliphatic heterocycles. The summed E-state index contributed by atoms with van der Waals surface area (Å²) < 4.78 is 7.45. The monoisotopic (exact) mass is 403 g/mol. The van der Waals surface area contributed by atoms with E-state index in [2.05, 4.69) is 50.9 Å². The van der Waals surface area contributed by atoms with Crippen molar-refractivity contribution in [3.05, 3.63) is 48.0 Å². The fourth-order valence-corrected chi connectivity index (χ4v) is 4.15. The molecule has 2 nitrogen and oxygen atoms in total. The quantitative estimate of drug-likeness (QED) is 0.785. The van der Waals surface area contributed by atoms with E-state index in [-0.39, 0.29) is 6.04 Å². The fraction of sp³-hybridized carbons (Fsp3) is 0.286. The van der Waals surface area contributed by atoms with E-state index in [0.29, 0.717) is 0 Å². The Morgan fingerprint density at radius 2 is 1.84 bits per heavy atom. The summed E-state index contributed by atoms with van der Waals surface area (Å²) >= 11 is 8.66. The summed E-state index contributed by atoms with van der Waals surface area (Å²) in [5, 5.41) is 0. The van der Waals surface area contributed by atoms with Crippen LogP contribution in [0.25, 0.3) is 0 Å². The van der Waals surface area contributed by atoms with Crippen LogP contribution < -0.4 is 10.5 Å². The molecule has 0 fully saturated rings. The Morgan fingerprint density at radius 1 is 1.16 bits per heavy atom. The number of ether oxygens (including phenoxy) is 1. The molecule has 0 aliphatic rings. The van der Waals surface area contributed by atoms with Gasteiger partial charge >= 0.3 is 0 Å². The van der Waals surface area contributed by atoms with E-state index in [1.54, 1.807) is 18.4 Å². The van der Waals surface area contributed by atoms with Crippen molar-refractivity contribution in [2.45, 2.75) is 19.9 Å². The highest BCUT2D eigenvalue weighted by molar-refractivity contribution is 9.13. The number of nitrogens with two attached hydrogens (primary N) is 1. The normalized spacial score (nSPS) is 12.5. The molecule has 0 radical (unpaired) electrons. The maximum atomic E-state index is 6.39. The van der Waals surface area contributed by atoms with Crippen LogP contribution in [0.3, 0.4) is 0 Å². The zero-order chi connectivity index (χ0) is 14.2. The summed E-state index contributed by atoms with van der Waals surface area (Å²) in [6, 6.07) is 6.11. The summed E-state index contributed by atoms with van der Waals surface area (Å²) in [7, 11) is 1.69. The molecule has 102 valence electrons. The standard InChI is InChI=1S/C14H15Br2NOS/c1-7-5-11(18-3)8(2)4-9(7)13(17)12-6-10(15)14(16)19-12/h4-6,13H,17H2,1-3H3. The fourth-order valence-electron chi connectivity index (χ4n) is 2.04. The highest BCUT2D eigenvalue weighted by atomic mass is 79.9. The molecule has 19 heavy (non-hydrogen) atoms. The SMILES string of the molecule is COc1cc(C)c(C(N)c2cc(Br)c(Br)s2)cc1C. The van der Waals surface area contributed by atoms with Crippen LogP contribution in [0.4, 0.5) is 0 Å². The smallest absolute Gasteiger partial charge is 0.122 e. The van der Waals surface area contributed by atoms with Crippen molar-refractivity contribution in [1.29, 1.82) is 0 Å². The molecule has 0 spiro atoms. The maximum Gasteiger partial charge on any atom is 0.122 e. The van der Waals surface area contributed by atoms with Gasteiger partial charge in [0, 0.05) is 9.35 Å². The van der Waals surface area contributed by atoms with Gasteiger partial charge in [-0.2, -0.15) is 0 Å². The first-order chi connectivity index (χ1) is 8.93. The van der Waals surface area contributed by atoms with E-state index >= 15 is 0 Å². The topological polar surface area (TPSA) is 35.2 Å². The summed E-state index contributed by atoms with van der Waals surface area (Å²) in [5.41, 5.74) is 9.78. The largest absolute Gasteiger partial charge is 0.496 e. The van der Waals surface area contributed by atoms with Crippen LogP contribution in [0.15, 0.2) is 26.5 Å². The summed E-state index contributed by atoms with van der Waals surface area (Å²) in [5.74, 6) is 0.905. The number of rotatable bonds is 3. The molecule has 2 aromatic rings. The Kier molecular flexibility index (Phi) is 4.71. The molecule has 1 heterocycles. The zero-order valence-electron chi connectivity index (χ0n) is 11.0. The van der Waals surface area contributed by atoms with Crippen molar-refractivity contribution >= 4 is 43.2 Å². The van der Waals surface area contributed by atoms with Gasteiger partial charge in [0.1, 0.15) is 5.75 Å². The molecule has 1 atom stereocenters. The number of hydrogen-bond donors (Lipinski definition) is 1. The minimum Gasteiger partial charge on any atom is -0.496 e. The van der Waals surface area contributed by atoms with Gasteiger partial charge in [-0.05, 0) is 74.5 Å². The molecule has 0 aliphatic carbocycles. The maximum absolute atomic E-state index is 6.39. The molecule has 0 saturated carbocycles. The Hall–Kier alpha value is -0.360. The van der Waals surface area contributed by atoms with Crippen LogP contribution in [0.5, 0.6) is 5.75 Å². The lowest BCUT2D eigenvalue weighted by atomic mass is 9.98. The van der Waals surface area contributed by atoms with Gasteiger partial charge in [0.15, 0.2) is 0 Å². The first kappa shape index (κ1) is 15.0. The highest BCUT2D eigenvalue weighted by Gasteiger charge is 2.17. The van der Waals surface area contributed by atoms with E-state index in [0.717, 1.165) is 35.6 Å². The third kappa shape index (κ3) is 3.05. The number of aryl methyl sites for hydroxylation is 2. The van der Waals surface area contributed by atoms with Gasteiger partial charge in [-0.3, -0.25) is 0 Å². The highest BCUT2D eigenvalue weighted by Crippen LogP contribution is 2.38. The molecule has 1 aromatic heterocycles. The van der Waals surface area contributed by atoms with Gasteiger partial charge in [-0.1, -0.05) is 6.07 Å². The summed E-state index contributed by atoms with van der Waals surface area (Å²) in [4.78, 5) is 1.13. The average Bonchev–Trinajstić information content (AvgIpc) is 2.71. The van der Waals surface area contributed by atoms with Crippen LogP contribution in [0.2, 0.25) is 0 Å². The van der Waals surface area contributed by atoms with Crippen LogP contribution in [-0.4, -0.2) is 7.11 Å². The van der Waals surface area contributed by atoms with Crippen molar-refractivity contribution in [2.75, 3.05) is 7.11 Å². The number of halogens is 2. The van der Waals surface area contributed by atoms with Crippen LogP contribution in [0.1, 0.15) is 27.6 Å². The summed E-state index contributed by atoms with van der Waals surface area (Å²) in [6.45, 7) is 4.10. The van der Waals surface area contributed by atoms with Crippen molar-refractivity contribution in [3.63, 3.8) is 0 Å². The zero-order valence-corrected chi connectivity index (χ0v) is 14.9. The molecule has 5 heteroatoms. The van der Waals surface area contributed by atoms with Gasteiger partial charge in [-0.15, -0.1) is 11.3 Å². The Balaban J connectivity index is 2.44. The van der Waals surface area contributed by atoms with E-state index in [1.165, 1.54) is 0 Å². The number of methoxy groups -OCH3 is 1. The lowest BCUT2D eigenvalue weighted by Gasteiger charge is -2.16. The van der Waals surface area contributed by atoms with Gasteiger partial charge in [-0.25, -0.2) is 0 Å². The number of hydrogen-bond acceptors (Lipinski definition) is 3. The average molecular weight is 405 g/mol. The first-order valence-corrected chi connectivity index (χ1v) is 8.19. The van der Waals surface area contributed by atoms with Crippen molar-refractivity contribution in [2.24, 2.45) is 5.73 Å². The van der Waals surface area contributed by atoms with Crippen LogP contribution >= 0.6 is 43.2 Å². The molecule has 0 amide bonds. The second kappa shape index (κ2) is 5.95. The van der Waals surface area contributed by atoms with E-state index < -0.39 is 0 Å². The molecule has 2 N–H and O–H groups in total. The van der Waals surface area contributed by atoms with Gasteiger partial charge < -0.3 is 10.5 Å². The second-order valence-electron chi connectivity index (χ2n) is 4.43. The predicted molar refractivity (Wildman–Crippen MR) is 88.2 cm³/mol. The van der Waals surface area contributed by atoms with Crippen LogP contribution in [-0.2, 0) is 0 Å². The predicted octanol–water partition coefficient (Wildman–Crippen LogP) is 4.95.